The minimum Gasteiger partial charge on any atom is -0.477 e. The summed E-state index contributed by atoms with van der Waals surface area (Å²) in [6.45, 7) is 7.21. The van der Waals surface area contributed by atoms with Crippen LogP contribution in [0.1, 0.15) is 27.2 Å². The second-order valence-corrected chi connectivity index (χ2v) is 9.32. The van der Waals surface area contributed by atoms with Crippen LogP contribution in [-0.2, 0) is 9.59 Å². The van der Waals surface area contributed by atoms with Crippen molar-refractivity contribution in [1.29, 1.82) is 0 Å². The first-order valence-electron chi connectivity index (χ1n) is 9.49. The van der Waals surface area contributed by atoms with Crippen LogP contribution in [-0.4, -0.2) is 75.4 Å². The van der Waals surface area contributed by atoms with Crippen molar-refractivity contribution in [3.63, 3.8) is 0 Å². The topological polar surface area (TPSA) is 114 Å². The highest BCUT2D eigenvalue weighted by Gasteiger charge is 2.60. The van der Waals surface area contributed by atoms with Gasteiger partial charge < -0.3 is 25.7 Å². The van der Waals surface area contributed by atoms with E-state index >= 15 is 0 Å². The number of amidine groups is 1. The van der Waals surface area contributed by atoms with Gasteiger partial charge in [-0.3, -0.25) is 9.79 Å². The lowest BCUT2D eigenvalue weighted by molar-refractivity contribution is -0.163. The fraction of sp³-hybridized carbons (Fsp3) is 0.722. The number of fused-ring (bicyclic) bond motifs is 1. The van der Waals surface area contributed by atoms with Crippen molar-refractivity contribution in [3.05, 3.63) is 10.6 Å². The van der Waals surface area contributed by atoms with Crippen LogP contribution in [0.5, 0.6) is 0 Å². The van der Waals surface area contributed by atoms with E-state index in [2.05, 4.69) is 22.5 Å². The zero-order valence-electron chi connectivity index (χ0n) is 15.7. The Bertz CT molecular complexity index is 737. The van der Waals surface area contributed by atoms with Gasteiger partial charge in [0.05, 0.1) is 30.7 Å². The molecule has 9 heteroatoms. The van der Waals surface area contributed by atoms with Crippen LogP contribution in [0.4, 0.5) is 0 Å². The van der Waals surface area contributed by atoms with E-state index in [4.69, 9.17) is 0 Å². The van der Waals surface area contributed by atoms with Crippen molar-refractivity contribution >= 4 is 29.5 Å². The van der Waals surface area contributed by atoms with Crippen molar-refractivity contribution in [1.82, 2.24) is 15.5 Å². The van der Waals surface area contributed by atoms with E-state index in [9.17, 15) is 19.8 Å². The van der Waals surface area contributed by atoms with E-state index in [1.807, 2.05) is 6.92 Å². The second kappa shape index (κ2) is 6.79. The van der Waals surface area contributed by atoms with Crippen molar-refractivity contribution in [2.24, 2.45) is 16.8 Å². The van der Waals surface area contributed by atoms with Crippen LogP contribution >= 0.6 is 11.8 Å². The summed E-state index contributed by atoms with van der Waals surface area (Å²) < 4.78 is 0. The van der Waals surface area contributed by atoms with Gasteiger partial charge >= 0.3 is 5.97 Å². The molecule has 148 valence electrons. The van der Waals surface area contributed by atoms with E-state index in [0.29, 0.717) is 6.04 Å². The number of carbonyl (C=O) groups excluding carboxylic acids is 1. The Morgan fingerprint density at radius 3 is 2.74 bits per heavy atom. The third kappa shape index (κ3) is 2.96. The van der Waals surface area contributed by atoms with Crippen LogP contribution in [0.25, 0.3) is 0 Å². The average molecular weight is 394 g/mol. The number of nitrogens with zero attached hydrogens (tertiary/aromatic N) is 2. The van der Waals surface area contributed by atoms with Crippen LogP contribution in [0.3, 0.4) is 0 Å². The third-order valence-corrected chi connectivity index (χ3v) is 7.47. The summed E-state index contributed by atoms with van der Waals surface area (Å²) in [5.74, 6) is -0.955. The van der Waals surface area contributed by atoms with Gasteiger partial charge in [-0.25, -0.2) is 4.79 Å². The van der Waals surface area contributed by atoms with Crippen molar-refractivity contribution in [2.45, 2.75) is 56.7 Å². The molecular formula is C18H26N4O4S. The number of nitrogens with one attached hydrogen (secondary N) is 2. The molecule has 4 N–H and O–H groups in total. The Labute approximate surface area is 162 Å². The van der Waals surface area contributed by atoms with Crippen molar-refractivity contribution in [2.75, 3.05) is 13.1 Å². The Kier molecular flexibility index (Phi) is 4.72. The number of hydrogen-bond acceptors (Lipinski definition) is 7. The van der Waals surface area contributed by atoms with Crippen LogP contribution in [0, 0.1) is 11.8 Å². The highest BCUT2D eigenvalue weighted by molar-refractivity contribution is 8.03. The molecular weight excluding hydrogens is 368 g/mol. The molecule has 4 aliphatic rings. The summed E-state index contributed by atoms with van der Waals surface area (Å²) in [6, 6.07) is 0.274. The standard InChI is InChI=1S/C18H26N4O4S/c1-7-5-20-16(21-7)11-4-10(6-19-11)27-15-8(2)13-12(9(3)23)17(24)22(13)14(15)18(25)26/h7-13,19,23H,4-6H2,1-3H3,(H,20,21)(H,25,26)/t7?,8-,9-,10+,11+,12+,13-/m1/s1. The number of aliphatic carboxylic acids is 1. The van der Waals surface area contributed by atoms with Gasteiger partial charge in [-0.05, 0) is 20.3 Å². The van der Waals surface area contributed by atoms with E-state index in [0.717, 1.165) is 30.3 Å². The monoisotopic (exact) mass is 394 g/mol. The summed E-state index contributed by atoms with van der Waals surface area (Å²) in [5, 5.41) is 26.7. The van der Waals surface area contributed by atoms with Gasteiger partial charge in [-0.1, -0.05) is 6.92 Å². The lowest BCUT2D eigenvalue weighted by Gasteiger charge is -2.46. The second-order valence-electron chi connectivity index (χ2n) is 7.98. The van der Waals surface area contributed by atoms with E-state index in [-0.39, 0.29) is 34.9 Å². The Hall–Kier alpha value is -1.58. The summed E-state index contributed by atoms with van der Waals surface area (Å²) in [7, 11) is 0. The van der Waals surface area contributed by atoms with Gasteiger partial charge in [0.25, 0.3) is 0 Å². The lowest BCUT2D eigenvalue weighted by Crippen LogP contribution is -2.63. The van der Waals surface area contributed by atoms with Crippen LogP contribution in [0.15, 0.2) is 15.6 Å². The molecule has 1 unspecified atom stereocenters. The number of amides is 1. The van der Waals surface area contributed by atoms with Gasteiger partial charge in [-0.2, -0.15) is 0 Å². The number of carboxylic acid groups (broad SMARTS) is 1. The first-order valence-corrected chi connectivity index (χ1v) is 10.4. The number of aliphatic hydroxyl groups excluding tert-OH is 1. The molecule has 0 aromatic carbocycles. The molecule has 0 saturated carbocycles. The van der Waals surface area contributed by atoms with Crippen LogP contribution in [0.2, 0.25) is 0 Å². The van der Waals surface area contributed by atoms with Gasteiger partial charge in [0.2, 0.25) is 5.91 Å². The number of carbonyl (C=O) groups is 2. The van der Waals surface area contributed by atoms with E-state index < -0.39 is 18.0 Å². The number of thioether (sulfide) groups is 1. The molecule has 0 aliphatic carbocycles. The first kappa shape index (κ1) is 18.8. The molecule has 0 aromatic heterocycles. The number of aliphatic imine (C=N–C) groups is 1. The maximum Gasteiger partial charge on any atom is 0.353 e. The summed E-state index contributed by atoms with van der Waals surface area (Å²) in [6.07, 6.45) is 0.0942. The van der Waals surface area contributed by atoms with E-state index in [1.54, 1.807) is 18.7 Å². The maximum absolute atomic E-state index is 12.4. The summed E-state index contributed by atoms with van der Waals surface area (Å²) >= 11 is 1.56. The van der Waals surface area contributed by atoms with Crippen LogP contribution < -0.4 is 10.6 Å². The molecule has 8 nitrogen and oxygen atoms in total. The first-order chi connectivity index (χ1) is 12.8. The Balaban J connectivity index is 1.50. The number of carboxylic acids is 1. The van der Waals surface area contributed by atoms with Gasteiger partial charge in [0.15, 0.2) is 0 Å². The fourth-order valence-corrected chi connectivity index (χ4v) is 6.13. The third-order valence-electron chi connectivity index (χ3n) is 5.96. The quantitative estimate of drug-likeness (QED) is 0.485. The molecule has 0 aromatic rings. The Morgan fingerprint density at radius 2 is 2.15 bits per heavy atom. The molecule has 1 amide bonds. The molecule has 4 rings (SSSR count). The largest absolute Gasteiger partial charge is 0.477 e. The Morgan fingerprint density at radius 1 is 1.41 bits per heavy atom. The highest BCUT2D eigenvalue weighted by Crippen LogP contribution is 2.51. The SMILES string of the molecule is CC1CN=C([C@@H]2C[C@H](SC3=C(C(=O)O)N4C(=O)[C@@H]([C@@H](C)O)[C@H]4[C@H]3C)CN2)N1. The lowest BCUT2D eigenvalue weighted by atomic mass is 9.79. The molecule has 0 radical (unpaired) electrons. The smallest absolute Gasteiger partial charge is 0.353 e. The van der Waals surface area contributed by atoms with E-state index in [1.165, 1.54) is 4.90 Å². The predicted octanol–water partition coefficient (Wildman–Crippen LogP) is -0.00600. The zero-order valence-corrected chi connectivity index (χ0v) is 16.5. The number of hydrogen-bond donors (Lipinski definition) is 4. The number of rotatable bonds is 5. The molecule has 27 heavy (non-hydrogen) atoms. The zero-order chi connectivity index (χ0) is 19.5. The molecule has 4 aliphatic heterocycles. The maximum atomic E-state index is 12.4. The minimum atomic E-state index is -1.07. The van der Waals surface area contributed by atoms with Gasteiger partial charge in [0, 0.05) is 28.7 Å². The van der Waals surface area contributed by atoms with Crippen molar-refractivity contribution in [3.8, 4) is 0 Å². The van der Waals surface area contributed by atoms with Gasteiger partial charge in [-0.15, -0.1) is 11.8 Å². The van der Waals surface area contributed by atoms with Crippen molar-refractivity contribution < 1.29 is 19.8 Å². The molecule has 0 spiro atoms. The molecule has 2 fully saturated rings. The fourth-order valence-electron chi connectivity index (χ4n) is 4.65. The summed E-state index contributed by atoms with van der Waals surface area (Å²) in [4.78, 5) is 31.0. The molecule has 7 atom stereocenters. The number of β-lactam (4-membered cyclic amide) rings is 1. The number of aliphatic hydroxyl groups is 1. The summed E-state index contributed by atoms with van der Waals surface area (Å²) in [5.41, 5.74) is 0.104. The highest BCUT2D eigenvalue weighted by atomic mass is 32.2. The normalized spacial score (nSPS) is 39.2. The molecule has 2 saturated heterocycles. The molecule has 0 bridgehead atoms. The predicted molar refractivity (Wildman–Crippen MR) is 102 cm³/mol. The van der Waals surface area contributed by atoms with Gasteiger partial charge in [0.1, 0.15) is 11.5 Å². The molecule has 4 heterocycles. The average Bonchev–Trinajstić information content (AvgIpc) is 3.27. The minimum absolute atomic E-state index is 0.0839.